The van der Waals surface area contributed by atoms with Crippen molar-refractivity contribution >= 4 is 16.8 Å². The van der Waals surface area contributed by atoms with Crippen molar-refractivity contribution < 1.29 is 4.79 Å². The Morgan fingerprint density at radius 2 is 1.81 bits per heavy atom. The van der Waals surface area contributed by atoms with Crippen molar-refractivity contribution in [2.75, 3.05) is 7.05 Å². The fourth-order valence-electron chi connectivity index (χ4n) is 3.39. The van der Waals surface area contributed by atoms with Crippen molar-refractivity contribution in [2.45, 2.75) is 78.3 Å². The highest BCUT2D eigenvalue weighted by atomic mass is 16.2. The number of carbonyl (C=O) groups excluding carboxylic acids is 1. The molecule has 2 aromatic rings. The Hall–Kier alpha value is -2.17. The molecule has 0 aliphatic heterocycles. The van der Waals surface area contributed by atoms with E-state index in [1.165, 1.54) is 19.3 Å². The second-order valence-corrected chi connectivity index (χ2v) is 7.29. The highest BCUT2D eigenvalue weighted by Crippen LogP contribution is 2.20. The maximum absolute atomic E-state index is 12.9. The SMILES string of the molecule is CCCCCCCC(=O)N(C)C(C)c1nc2ccccc2c(=O)n1CCC. The zero-order valence-corrected chi connectivity index (χ0v) is 17.2. The summed E-state index contributed by atoms with van der Waals surface area (Å²) in [5, 5.41) is 0.631. The van der Waals surface area contributed by atoms with E-state index in [1.54, 1.807) is 9.47 Å². The maximum Gasteiger partial charge on any atom is 0.261 e. The second kappa shape index (κ2) is 10.2. The van der Waals surface area contributed by atoms with E-state index in [4.69, 9.17) is 4.98 Å². The number of amides is 1. The largest absolute Gasteiger partial charge is 0.336 e. The van der Waals surface area contributed by atoms with Gasteiger partial charge in [-0.25, -0.2) is 4.98 Å². The standard InChI is InChI=1S/C22H33N3O2/c1-5-7-8-9-10-15-20(26)24(4)17(3)21-23-19-14-12-11-13-18(19)22(27)25(21)16-6-2/h11-14,17H,5-10,15-16H2,1-4H3. The Balaban J connectivity index is 2.22. The van der Waals surface area contributed by atoms with Crippen LogP contribution in [0.2, 0.25) is 0 Å². The van der Waals surface area contributed by atoms with Gasteiger partial charge in [0.05, 0.1) is 16.9 Å². The van der Waals surface area contributed by atoms with Crippen LogP contribution in [0.15, 0.2) is 29.1 Å². The van der Waals surface area contributed by atoms with Gasteiger partial charge in [-0.3, -0.25) is 14.2 Å². The van der Waals surface area contributed by atoms with Gasteiger partial charge in [-0.1, -0.05) is 51.7 Å². The average Bonchev–Trinajstić information content (AvgIpc) is 2.68. The highest BCUT2D eigenvalue weighted by molar-refractivity contribution is 5.78. The lowest BCUT2D eigenvalue weighted by molar-refractivity contribution is -0.132. The van der Waals surface area contributed by atoms with Crippen LogP contribution in [0.4, 0.5) is 0 Å². The Bertz CT molecular complexity index is 813. The van der Waals surface area contributed by atoms with Crippen LogP contribution in [0.3, 0.4) is 0 Å². The lowest BCUT2D eigenvalue weighted by Crippen LogP contribution is -2.35. The number of aromatic nitrogens is 2. The highest BCUT2D eigenvalue weighted by Gasteiger charge is 2.22. The molecule has 5 heteroatoms. The van der Waals surface area contributed by atoms with Crippen molar-refractivity contribution in [3.8, 4) is 0 Å². The Labute approximate surface area is 162 Å². The lowest BCUT2D eigenvalue weighted by atomic mass is 10.1. The summed E-state index contributed by atoms with van der Waals surface area (Å²) in [6, 6.07) is 7.18. The third-order valence-electron chi connectivity index (χ3n) is 5.18. The minimum atomic E-state index is -0.239. The third-order valence-corrected chi connectivity index (χ3v) is 5.18. The maximum atomic E-state index is 12.9. The van der Waals surface area contributed by atoms with Gasteiger partial charge in [0.15, 0.2) is 0 Å². The monoisotopic (exact) mass is 371 g/mol. The number of hydrogen-bond acceptors (Lipinski definition) is 3. The first-order valence-corrected chi connectivity index (χ1v) is 10.3. The van der Waals surface area contributed by atoms with Crippen LogP contribution in [0.1, 0.15) is 77.6 Å². The predicted molar refractivity (Wildman–Crippen MR) is 111 cm³/mol. The molecule has 148 valence electrons. The van der Waals surface area contributed by atoms with Gasteiger partial charge in [-0.15, -0.1) is 0 Å². The molecule has 27 heavy (non-hydrogen) atoms. The number of rotatable bonds is 10. The van der Waals surface area contributed by atoms with Crippen LogP contribution in [0, 0.1) is 0 Å². The molecule has 1 unspecified atom stereocenters. The minimum Gasteiger partial charge on any atom is -0.336 e. The molecule has 1 atom stereocenters. The minimum absolute atomic E-state index is 0.0234. The molecule has 1 amide bonds. The van der Waals surface area contributed by atoms with Crippen LogP contribution >= 0.6 is 0 Å². The molecular weight excluding hydrogens is 338 g/mol. The molecule has 0 bridgehead atoms. The summed E-state index contributed by atoms with van der Waals surface area (Å²) in [7, 11) is 1.82. The van der Waals surface area contributed by atoms with Crippen LogP contribution in [-0.4, -0.2) is 27.4 Å². The van der Waals surface area contributed by atoms with Crippen molar-refractivity contribution in [1.82, 2.24) is 14.5 Å². The summed E-state index contributed by atoms with van der Waals surface area (Å²) < 4.78 is 1.73. The molecule has 0 saturated heterocycles. The Morgan fingerprint density at radius 1 is 1.11 bits per heavy atom. The van der Waals surface area contributed by atoms with Gasteiger partial charge in [0.25, 0.3) is 5.56 Å². The van der Waals surface area contributed by atoms with Gasteiger partial charge in [0.1, 0.15) is 5.82 Å². The summed E-state index contributed by atoms with van der Waals surface area (Å²) in [6.07, 6.45) is 7.02. The van der Waals surface area contributed by atoms with Crippen molar-refractivity contribution in [2.24, 2.45) is 0 Å². The summed E-state index contributed by atoms with van der Waals surface area (Å²) in [6.45, 7) is 6.79. The molecule has 5 nitrogen and oxygen atoms in total. The topological polar surface area (TPSA) is 55.2 Å². The molecule has 0 aliphatic rings. The number of unbranched alkanes of at least 4 members (excludes halogenated alkanes) is 4. The van der Waals surface area contributed by atoms with Crippen molar-refractivity contribution in [1.29, 1.82) is 0 Å². The quantitative estimate of drug-likeness (QED) is 0.570. The van der Waals surface area contributed by atoms with Gasteiger partial charge in [-0.2, -0.15) is 0 Å². The van der Waals surface area contributed by atoms with E-state index >= 15 is 0 Å². The lowest BCUT2D eigenvalue weighted by Gasteiger charge is -2.27. The second-order valence-electron chi connectivity index (χ2n) is 7.29. The fraction of sp³-hybridized carbons (Fsp3) is 0.591. The van der Waals surface area contributed by atoms with Gasteiger partial charge in [-0.05, 0) is 31.9 Å². The van der Waals surface area contributed by atoms with Crippen LogP contribution in [0.25, 0.3) is 10.9 Å². The smallest absolute Gasteiger partial charge is 0.261 e. The number of fused-ring (bicyclic) bond motifs is 1. The molecule has 0 N–H and O–H groups in total. The Kier molecular flexibility index (Phi) is 8.01. The summed E-state index contributed by atoms with van der Waals surface area (Å²) in [4.78, 5) is 32.0. The van der Waals surface area contributed by atoms with E-state index < -0.39 is 0 Å². The van der Waals surface area contributed by atoms with Crippen LogP contribution < -0.4 is 5.56 Å². The first kappa shape index (κ1) is 21.1. The number of para-hydroxylation sites is 1. The zero-order valence-electron chi connectivity index (χ0n) is 17.2. The number of hydrogen-bond donors (Lipinski definition) is 0. The number of nitrogens with zero attached hydrogens (tertiary/aromatic N) is 3. The van der Waals surface area contributed by atoms with Gasteiger partial charge < -0.3 is 4.90 Å². The van der Waals surface area contributed by atoms with Crippen LogP contribution in [0.5, 0.6) is 0 Å². The first-order chi connectivity index (χ1) is 13.0. The molecule has 0 aliphatic carbocycles. The predicted octanol–water partition coefficient (Wildman–Crippen LogP) is 4.69. The fourth-order valence-corrected chi connectivity index (χ4v) is 3.39. The zero-order chi connectivity index (χ0) is 19.8. The molecule has 0 spiro atoms. The van der Waals surface area contributed by atoms with E-state index in [0.717, 1.165) is 19.3 Å². The molecule has 1 aromatic heterocycles. The van der Waals surface area contributed by atoms with Crippen molar-refractivity contribution in [3.63, 3.8) is 0 Å². The number of benzene rings is 1. The van der Waals surface area contributed by atoms with Crippen LogP contribution in [-0.2, 0) is 11.3 Å². The van der Waals surface area contributed by atoms with Gasteiger partial charge in [0, 0.05) is 20.0 Å². The number of carbonyl (C=O) groups is 1. The van der Waals surface area contributed by atoms with E-state index in [1.807, 2.05) is 45.2 Å². The first-order valence-electron chi connectivity index (χ1n) is 10.3. The Morgan fingerprint density at radius 3 is 2.52 bits per heavy atom. The molecule has 0 saturated carbocycles. The van der Waals surface area contributed by atoms with E-state index in [-0.39, 0.29) is 17.5 Å². The van der Waals surface area contributed by atoms with E-state index in [9.17, 15) is 9.59 Å². The molecule has 0 fully saturated rings. The average molecular weight is 372 g/mol. The molecule has 1 heterocycles. The van der Waals surface area contributed by atoms with Crippen molar-refractivity contribution in [3.05, 3.63) is 40.4 Å². The molecule has 0 radical (unpaired) electrons. The van der Waals surface area contributed by atoms with E-state index in [0.29, 0.717) is 29.7 Å². The van der Waals surface area contributed by atoms with E-state index in [2.05, 4.69) is 6.92 Å². The van der Waals surface area contributed by atoms with Gasteiger partial charge in [0.2, 0.25) is 5.91 Å². The molecule has 1 aromatic carbocycles. The normalized spacial score (nSPS) is 12.3. The summed E-state index contributed by atoms with van der Waals surface area (Å²) in [5.74, 6) is 0.784. The molecule has 2 rings (SSSR count). The third kappa shape index (κ3) is 5.18. The molecular formula is C22H33N3O2. The van der Waals surface area contributed by atoms with Gasteiger partial charge >= 0.3 is 0 Å². The summed E-state index contributed by atoms with van der Waals surface area (Å²) in [5.41, 5.74) is 0.668. The summed E-state index contributed by atoms with van der Waals surface area (Å²) >= 11 is 0.